The van der Waals surface area contributed by atoms with E-state index in [9.17, 15) is 48.6 Å². The Bertz CT molecular complexity index is 1980. The fourth-order valence-corrected chi connectivity index (χ4v) is 4.20. The number of hydrogen-bond acceptors (Lipinski definition) is 15. The molecule has 0 spiro atoms. The Labute approximate surface area is 289 Å². The molecule has 3 rings (SSSR count). The van der Waals surface area contributed by atoms with Crippen molar-refractivity contribution in [1.29, 1.82) is 0 Å². The molecule has 2 amide bonds. The highest BCUT2D eigenvalue weighted by molar-refractivity contribution is 6.67. The van der Waals surface area contributed by atoms with Crippen molar-refractivity contribution in [2.24, 2.45) is 10.2 Å². The molecule has 3 aromatic rings. The molecule has 0 aliphatic carbocycles. The molecular formula is C34H32N6O11. The largest absolute Gasteiger partial charge is 0.465 e. The monoisotopic (exact) mass is 700 g/mol. The first kappa shape index (κ1) is 38.7. The van der Waals surface area contributed by atoms with Gasteiger partial charge in [0.1, 0.15) is 13.2 Å². The third-order valence-corrected chi connectivity index (χ3v) is 6.83. The van der Waals surface area contributed by atoms with Gasteiger partial charge in [-0.05, 0) is 55.5 Å². The van der Waals surface area contributed by atoms with Crippen molar-refractivity contribution in [2.75, 3.05) is 41.8 Å². The van der Waals surface area contributed by atoms with Crippen molar-refractivity contribution in [1.82, 2.24) is 0 Å². The summed E-state index contributed by atoms with van der Waals surface area (Å²) in [6.07, 6.45) is 0. The lowest BCUT2D eigenvalue weighted by Gasteiger charge is -2.12. The summed E-state index contributed by atoms with van der Waals surface area (Å²) in [5.41, 5.74) is 3.99. The lowest BCUT2D eigenvalue weighted by molar-refractivity contribution is -0.116. The van der Waals surface area contributed by atoms with Crippen LogP contribution in [0.25, 0.3) is 0 Å². The van der Waals surface area contributed by atoms with Crippen molar-refractivity contribution in [3.63, 3.8) is 0 Å². The van der Waals surface area contributed by atoms with Gasteiger partial charge in [-0.25, -0.2) is 4.79 Å². The molecule has 0 saturated carbocycles. The van der Waals surface area contributed by atoms with E-state index in [-0.39, 0.29) is 50.8 Å². The number of rotatable bonds is 16. The summed E-state index contributed by atoms with van der Waals surface area (Å²) in [5.74, 6) is -5.92. The first-order chi connectivity index (χ1) is 24.2. The van der Waals surface area contributed by atoms with E-state index >= 15 is 0 Å². The second-order valence-corrected chi connectivity index (χ2v) is 10.5. The third kappa shape index (κ3) is 10.1. The quantitative estimate of drug-likeness (QED) is 0.0411. The van der Waals surface area contributed by atoms with Crippen LogP contribution in [0.4, 0.5) is 22.7 Å². The Morgan fingerprint density at radius 3 is 1.47 bits per heavy atom. The molecule has 0 fully saturated rings. The van der Waals surface area contributed by atoms with Gasteiger partial charge in [0.25, 0.3) is 11.8 Å². The Morgan fingerprint density at radius 2 is 1.04 bits per heavy atom. The van der Waals surface area contributed by atoms with Crippen molar-refractivity contribution in [2.45, 2.75) is 20.8 Å². The minimum atomic E-state index is -0.959. The molecule has 17 nitrogen and oxygen atoms in total. The number of nitrogens with zero attached hydrogens (tertiary/aromatic N) is 2. The highest BCUT2D eigenvalue weighted by Crippen LogP contribution is 2.21. The van der Waals surface area contributed by atoms with Crippen LogP contribution in [-0.4, -0.2) is 88.7 Å². The van der Waals surface area contributed by atoms with E-state index in [1.165, 1.54) is 67.6 Å². The number of anilines is 4. The lowest BCUT2D eigenvalue weighted by Crippen LogP contribution is -2.30. The topological polar surface area (TPSA) is 259 Å². The molecule has 0 aliphatic rings. The summed E-state index contributed by atoms with van der Waals surface area (Å²) >= 11 is 0. The first-order valence-corrected chi connectivity index (χ1v) is 14.8. The Hall–Kier alpha value is -6.72. The SMILES string of the molecule is COC(=O)c1ccc(C(=O)CO)cc1N/N=C(\C(C)=O)C(=O)Nc1ccc(NC(=O)/C(=N/Nc2cc(C(C)=O)ccc2C(=O)CO)C(C)=O)cc1. The minimum Gasteiger partial charge on any atom is -0.465 e. The average molecular weight is 701 g/mol. The number of hydrazone groups is 2. The number of amides is 2. The maximum absolute atomic E-state index is 13.0. The van der Waals surface area contributed by atoms with Crippen LogP contribution in [0, 0.1) is 0 Å². The molecule has 0 heterocycles. The summed E-state index contributed by atoms with van der Waals surface area (Å²) in [6.45, 7) is 1.80. The third-order valence-electron chi connectivity index (χ3n) is 6.83. The maximum Gasteiger partial charge on any atom is 0.340 e. The molecule has 3 aromatic carbocycles. The number of ether oxygens (including phenoxy) is 1. The van der Waals surface area contributed by atoms with E-state index in [0.29, 0.717) is 0 Å². The summed E-state index contributed by atoms with van der Waals surface area (Å²) in [6, 6.07) is 13.1. The summed E-state index contributed by atoms with van der Waals surface area (Å²) in [4.78, 5) is 98.6. The van der Waals surface area contributed by atoms with Gasteiger partial charge >= 0.3 is 5.97 Å². The number of benzene rings is 3. The molecule has 17 heteroatoms. The number of aliphatic hydroxyl groups excluding tert-OH is 2. The number of ketones is 5. The number of hydrogen-bond donors (Lipinski definition) is 6. The molecule has 51 heavy (non-hydrogen) atoms. The van der Waals surface area contributed by atoms with Gasteiger partial charge in [-0.2, -0.15) is 10.2 Å². The fraction of sp³-hybridized carbons (Fsp3) is 0.176. The second-order valence-electron chi connectivity index (χ2n) is 10.5. The molecule has 0 saturated heterocycles. The summed E-state index contributed by atoms with van der Waals surface area (Å²) in [5, 5.41) is 31.0. The van der Waals surface area contributed by atoms with Crippen LogP contribution in [0.15, 0.2) is 70.9 Å². The number of nitrogens with one attached hydrogen (secondary N) is 4. The van der Waals surface area contributed by atoms with Crippen molar-refractivity contribution in [3.8, 4) is 0 Å². The molecular weight excluding hydrogens is 668 g/mol. The highest BCUT2D eigenvalue weighted by atomic mass is 16.5. The van der Waals surface area contributed by atoms with E-state index in [1.807, 2.05) is 0 Å². The van der Waals surface area contributed by atoms with Crippen LogP contribution >= 0.6 is 0 Å². The minimum absolute atomic E-state index is 0.0185. The second kappa shape index (κ2) is 17.6. The van der Waals surface area contributed by atoms with Gasteiger partial charge in [-0.3, -0.25) is 44.4 Å². The molecule has 0 unspecified atom stereocenters. The van der Waals surface area contributed by atoms with Crippen molar-refractivity contribution < 1.29 is 53.3 Å². The van der Waals surface area contributed by atoms with E-state index in [2.05, 4.69) is 31.7 Å². The van der Waals surface area contributed by atoms with Crippen LogP contribution < -0.4 is 21.5 Å². The Balaban J connectivity index is 1.78. The fourth-order valence-electron chi connectivity index (χ4n) is 4.20. The van der Waals surface area contributed by atoms with Crippen LogP contribution in [0.3, 0.4) is 0 Å². The molecule has 0 bridgehead atoms. The molecule has 0 radical (unpaired) electrons. The summed E-state index contributed by atoms with van der Waals surface area (Å²) in [7, 11) is 1.12. The van der Waals surface area contributed by atoms with Crippen LogP contribution in [0.2, 0.25) is 0 Å². The number of carbonyl (C=O) groups excluding carboxylic acids is 8. The van der Waals surface area contributed by atoms with Crippen LogP contribution in [0.1, 0.15) is 62.2 Å². The number of Topliss-reactive ketones (excluding diaryl/α,β-unsaturated/α-hetero) is 5. The zero-order chi connectivity index (χ0) is 37.8. The Kier molecular flexibility index (Phi) is 13.4. The van der Waals surface area contributed by atoms with Crippen LogP contribution in [0.5, 0.6) is 0 Å². The predicted octanol–water partition coefficient (Wildman–Crippen LogP) is 2.02. The van der Waals surface area contributed by atoms with Gasteiger partial charge in [0.05, 0.1) is 24.0 Å². The van der Waals surface area contributed by atoms with Gasteiger partial charge in [0.2, 0.25) is 0 Å². The Morgan fingerprint density at radius 1 is 0.608 bits per heavy atom. The van der Waals surface area contributed by atoms with Gasteiger partial charge in [0, 0.05) is 41.9 Å². The number of carbonyl (C=O) groups is 8. The maximum atomic E-state index is 13.0. The van der Waals surface area contributed by atoms with E-state index in [4.69, 9.17) is 4.74 Å². The van der Waals surface area contributed by atoms with E-state index in [1.54, 1.807) is 0 Å². The normalized spacial score (nSPS) is 11.2. The number of aliphatic hydroxyl groups is 2. The zero-order valence-electron chi connectivity index (χ0n) is 27.7. The zero-order valence-corrected chi connectivity index (χ0v) is 27.7. The van der Waals surface area contributed by atoms with Crippen LogP contribution in [-0.2, 0) is 23.9 Å². The van der Waals surface area contributed by atoms with Gasteiger partial charge in [-0.15, -0.1) is 0 Å². The molecule has 0 aromatic heterocycles. The van der Waals surface area contributed by atoms with E-state index < -0.39 is 65.6 Å². The smallest absolute Gasteiger partial charge is 0.340 e. The highest BCUT2D eigenvalue weighted by Gasteiger charge is 2.21. The van der Waals surface area contributed by atoms with Crippen molar-refractivity contribution >= 4 is 80.9 Å². The standard InChI is InChI=1S/C34H32N6O11/c1-17(43)20-5-11-24(29(47)16-42)26(13-20)37-39-30(18(2)44)32(48)35-22-7-9-23(10-8-22)36-33(49)31(19(3)45)40-38-27-14-21(28(46)15-41)6-12-25(27)34(50)51-4/h5-14,37-38,41-42H,15-16H2,1-4H3,(H,35,48)(H,36,49)/b39-30+,40-31+. The van der Waals surface area contributed by atoms with E-state index in [0.717, 1.165) is 21.0 Å². The molecule has 0 aliphatic heterocycles. The predicted molar refractivity (Wildman–Crippen MR) is 184 cm³/mol. The van der Waals surface area contributed by atoms with Crippen molar-refractivity contribution in [3.05, 3.63) is 82.9 Å². The lowest BCUT2D eigenvalue weighted by atomic mass is 10.0. The van der Waals surface area contributed by atoms with Gasteiger partial charge < -0.3 is 25.6 Å². The average Bonchev–Trinajstić information content (AvgIpc) is 3.11. The molecule has 6 N–H and O–H groups in total. The number of esters is 1. The number of methoxy groups -OCH3 is 1. The molecule has 0 atom stereocenters. The first-order valence-electron chi connectivity index (χ1n) is 14.8. The molecule has 264 valence electrons. The van der Waals surface area contributed by atoms with Gasteiger partial charge in [0.15, 0.2) is 40.3 Å². The summed E-state index contributed by atoms with van der Waals surface area (Å²) < 4.78 is 4.71. The van der Waals surface area contributed by atoms with Gasteiger partial charge in [-0.1, -0.05) is 12.1 Å².